The molecule has 0 radical (unpaired) electrons. The summed E-state index contributed by atoms with van der Waals surface area (Å²) < 4.78 is 5.57. The van der Waals surface area contributed by atoms with Crippen molar-refractivity contribution >= 4 is 17.7 Å². The van der Waals surface area contributed by atoms with Crippen molar-refractivity contribution in [2.75, 3.05) is 13.2 Å². The number of carboxylic acid groups (broad SMARTS) is 1. The maximum Gasteiger partial charge on any atom is 0.307 e. The number of rotatable bonds is 11. The number of hydrogen-bond donors (Lipinski definition) is 2. The van der Waals surface area contributed by atoms with Crippen molar-refractivity contribution in [2.24, 2.45) is 0 Å². The van der Waals surface area contributed by atoms with Gasteiger partial charge in [-0.3, -0.25) is 15.0 Å². The molecule has 0 aliphatic carbocycles. The van der Waals surface area contributed by atoms with E-state index in [4.69, 9.17) is 10.1 Å². The van der Waals surface area contributed by atoms with E-state index in [2.05, 4.69) is 12.1 Å². The highest BCUT2D eigenvalue weighted by Gasteiger charge is 2.14. The zero-order valence-corrected chi connectivity index (χ0v) is 18.6. The number of aryl methyl sites for hydroxylation is 1. The van der Waals surface area contributed by atoms with Crippen molar-refractivity contribution in [1.82, 2.24) is 4.90 Å². The largest absolute Gasteiger partial charge is 0.494 e. The van der Waals surface area contributed by atoms with Crippen LogP contribution in [0, 0.1) is 5.41 Å². The van der Waals surface area contributed by atoms with Gasteiger partial charge in [0.05, 0.1) is 13.0 Å². The molecule has 2 N–H and O–H groups in total. The normalized spacial score (nSPS) is 10.5. The Morgan fingerprint density at radius 2 is 1.81 bits per heavy atom. The topological polar surface area (TPSA) is 90.7 Å². The number of aliphatic carboxylic acids is 1. The van der Waals surface area contributed by atoms with E-state index in [0.29, 0.717) is 43.1 Å². The minimum atomic E-state index is -0.892. The van der Waals surface area contributed by atoms with E-state index in [9.17, 15) is 14.7 Å². The minimum absolute atomic E-state index is 0.0119. The average molecular weight is 425 g/mol. The lowest BCUT2D eigenvalue weighted by Crippen LogP contribution is -2.35. The third-order valence-corrected chi connectivity index (χ3v) is 5.09. The lowest BCUT2D eigenvalue weighted by molar-refractivity contribution is -0.136. The molecule has 1 amide bonds. The molecule has 0 atom stereocenters. The number of amidine groups is 1. The van der Waals surface area contributed by atoms with Gasteiger partial charge < -0.3 is 14.7 Å². The summed E-state index contributed by atoms with van der Waals surface area (Å²) >= 11 is 0. The Morgan fingerprint density at radius 3 is 2.45 bits per heavy atom. The lowest BCUT2D eigenvalue weighted by atomic mass is 9.97. The van der Waals surface area contributed by atoms with E-state index in [1.165, 1.54) is 0 Å². The van der Waals surface area contributed by atoms with Crippen molar-refractivity contribution in [3.05, 3.63) is 53.6 Å². The molecule has 0 heterocycles. The van der Waals surface area contributed by atoms with Gasteiger partial charge in [0.1, 0.15) is 11.6 Å². The van der Waals surface area contributed by atoms with Crippen LogP contribution in [0.15, 0.2) is 42.5 Å². The van der Waals surface area contributed by atoms with Gasteiger partial charge in [0.15, 0.2) is 0 Å². The molecule has 0 aliphatic rings. The number of hydrogen-bond acceptors (Lipinski definition) is 4. The summed E-state index contributed by atoms with van der Waals surface area (Å²) in [7, 11) is 0. The van der Waals surface area contributed by atoms with Crippen molar-refractivity contribution in [3.63, 3.8) is 0 Å². The van der Waals surface area contributed by atoms with Crippen LogP contribution in [0.2, 0.25) is 0 Å². The summed E-state index contributed by atoms with van der Waals surface area (Å²) in [4.78, 5) is 24.7. The predicted octanol–water partition coefficient (Wildman–Crippen LogP) is 4.94. The van der Waals surface area contributed by atoms with Gasteiger partial charge in [-0.25, -0.2) is 0 Å². The van der Waals surface area contributed by atoms with Gasteiger partial charge >= 0.3 is 5.97 Å². The number of nitrogens with one attached hydrogen (secondary N) is 1. The van der Waals surface area contributed by atoms with E-state index in [1.807, 2.05) is 51.1 Å². The number of ether oxygens (including phenoxy) is 1. The SMILES string of the molecule is CCOc1ccc(-c2cccc(CCCC(=N)N(CC)C(=O)CC)c2)cc1CC(=O)O. The summed E-state index contributed by atoms with van der Waals surface area (Å²) in [6, 6.07) is 13.8. The second kappa shape index (κ2) is 11.9. The zero-order valence-electron chi connectivity index (χ0n) is 18.6. The first kappa shape index (κ1) is 24.1. The van der Waals surface area contributed by atoms with Crippen LogP contribution in [0.3, 0.4) is 0 Å². The van der Waals surface area contributed by atoms with Gasteiger partial charge in [-0.15, -0.1) is 0 Å². The summed E-state index contributed by atoms with van der Waals surface area (Å²) in [5.41, 5.74) is 3.76. The lowest BCUT2D eigenvalue weighted by Gasteiger charge is -2.21. The van der Waals surface area contributed by atoms with Crippen molar-refractivity contribution < 1.29 is 19.4 Å². The number of carbonyl (C=O) groups excluding carboxylic acids is 1. The molecule has 2 aromatic rings. The summed E-state index contributed by atoms with van der Waals surface area (Å²) in [6.45, 7) is 6.58. The van der Waals surface area contributed by atoms with E-state index in [-0.39, 0.29) is 12.3 Å². The Balaban J connectivity index is 2.10. The van der Waals surface area contributed by atoms with Crippen molar-refractivity contribution in [2.45, 2.75) is 52.9 Å². The zero-order chi connectivity index (χ0) is 22.8. The fraction of sp³-hybridized carbons (Fsp3) is 0.400. The van der Waals surface area contributed by atoms with Crippen LogP contribution in [-0.4, -0.2) is 40.9 Å². The van der Waals surface area contributed by atoms with E-state index in [1.54, 1.807) is 4.90 Å². The molecule has 6 heteroatoms. The molecule has 0 saturated heterocycles. The fourth-order valence-corrected chi connectivity index (χ4v) is 3.57. The van der Waals surface area contributed by atoms with Crippen LogP contribution < -0.4 is 4.74 Å². The maximum atomic E-state index is 11.9. The standard InChI is InChI=1S/C25H32N2O4/c1-4-24(28)27(5-2)23(26)12-8-10-18-9-7-11-19(15-18)20-13-14-22(31-6-3)21(16-20)17-25(29)30/h7,9,11,13-16,26H,4-6,8,10,12,17H2,1-3H3,(H,29,30). The van der Waals surface area contributed by atoms with Gasteiger partial charge in [0.2, 0.25) is 5.91 Å². The second-order valence-corrected chi connectivity index (χ2v) is 7.32. The molecule has 6 nitrogen and oxygen atoms in total. The van der Waals surface area contributed by atoms with E-state index in [0.717, 1.165) is 29.5 Å². The van der Waals surface area contributed by atoms with Gasteiger partial charge in [0, 0.05) is 24.9 Å². The number of amides is 1. The molecule has 0 aromatic heterocycles. The maximum absolute atomic E-state index is 11.9. The third kappa shape index (κ3) is 6.95. The van der Waals surface area contributed by atoms with Gasteiger partial charge in [0.25, 0.3) is 0 Å². The molecule has 31 heavy (non-hydrogen) atoms. The Labute approximate surface area is 184 Å². The molecule has 0 fully saturated rings. The minimum Gasteiger partial charge on any atom is -0.494 e. The first-order valence-electron chi connectivity index (χ1n) is 10.8. The van der Waals surface area contributed by atoms with E-state index >= 15 is 0 Å². The molecule has 2 rings (SSSR count). The Hall–Kier alpha value is -3.15. The van der Waals surface area contributed by atoms with Crippen LogP contribution in [-0.2, 0) is 22.4 Å². The molecule has 0 saturated carbocycles. The summed E-state index contributed by atoms with van der Waals surface area (Å²) in [5, 5.41) is 17.4. The second-order valence-electron chi connectivity index (χ2n) is 7.32. The fourth-order valence-electron chi connectivity index (χ4n) is 3.57. The number of carboxylic acids is 1. The number of benzene rings is 2. The molecule has 0 aliphatic heterocycles. The predicted molar refractivity (Wildman–Crippen MR) is 123 cm³/mol. The highest BCUT2D eigenvalue weighted by Crippen LogP contribution is 2.28. The van der Waals surface area contributed by atoms with E-state index < -0.39 is 5.97 Å². The molecular weight excluding hydrogens is 392 g/mol. The van der Waals surface area contributed by atoms with Gasteiger partial charge in [-0.1, -0.05) is 37.3 Å². The molecular formula is C25H32N2O4. The first-order valence-corrected chi connectivity index (χ1v) is 10.8. The van der Waals surface area contributed by atoms with Crippen LogP contribution >= 0.6 is 0 Å². The summed E-state index contributed by atoms with van der Waals surface area (Å²) in [6.07, 6.45) is 2.45. The summed E-state index contributed by atoms with van der Waals surface area (Å²) in [5.74, 6) is 0.0693. The number of nitrogens with zero attached hydrogens (tertiary/aromatic N) is 1. The molecule has 0 bridgehead atoms. The van der Waals surface area contributed by atoms with Gasteiger partial charge in [-0.05, 0) is 55.5 Å². The molecule has 2 aromatic carbocycles. The molecule has 166 valence electrons. The molecule has 0 spiro atoms. The van der Waals surface area contributed by atoms with Crippen LogP contribution in [0.5, 0.6) is 5.75 Å². The Morgan fingerprint density at radius 1 is 1.06 bits per heavy atom. The average Bonchev–Trinajstić information content (AvgIpc) is 2.75. The van der Waals surface area contributed by atoms with Crippen LogP contribution in [0.25, 0.3) is 11.1 Å². The third-order valence-electron chi connectivity index (χ3n) is 5.09. The smallest absolute Gasteiger partial charge is 0.307 e. The van der Waals surface area contributed by atoms with Crippen LogP contribution in [0.1, 0.15) is 51.2 Å². The monoisotopic (exact) mass is 424 g/mol. The highest BCUT2D eigenvalue weighted by atomic mass is 16.5. The highest BCUT2D eigenvalue weighted by molar-refractivity contribution is 5.96. The van der Waals surface area contributed by atoms with Crippen molar-refractivity contribution in [3.8, 4) is 16.9 Å². The first-order chi connectivity index (χ1) is 14.9. The Bertz CT molecular complexity index is 923. The Kier molecular flexibility index (Phi) is 9.25. The molecule has 0 unspecified atom stereocenters. The van der Waals surface area contributed by atoms with Crippen molar-refractivity contribution in [1.29, 1.82) is 5.41 Å². The van der Waals surface area contributed by atoms with Gasteiger partial charge in [-0.2, -0.15) is 0 Å². The van der Waals surface area contributed by atoms with Crippen LogP contribution in [0.4, 0.5) is 0 Å². The quantitative estimate of drug-likeness (QED) is 0.395. The number of carbonyl (C=O) groups is 2.